The SMILES string of the molecule is O=C(c1ccccc1)N1C[C@H]2C[C@H](O)[C@@H](NCc3ccccc3)c3c(Br)ccc1c32. The van der Waals surface area contributed by atoms with E-state index < -0.39 is 6.10 Å². The quantitative estimate of drug-likeness (QED) is 0.585. The van der Waals surface area contributed by atoms with Crippen LogP contribution in [0.3, 0.4) is 0 Å². The van der Waals surface area contributed by atoms with Gasteiger partial charge in [-0.15, -0.1) is 0 Å². The molecule has 30 heavy (non-hydrogen) atoms. The van der Waals surface area contributed by atoms with E-state index in [1.807, 2.05) is 65.6 Å². The second-order valence-electron chi connectivity index (χ2n) is 8.02. The zero-order chi connectivity index (χ0) is 20.7. The van der Waals surface area contributed by atoms with Gasteiger partial charge in [0.05, 0.1) is 12.1 Å². The zero-order valence-corrected chi connectivity index (χ0v) is 18.0. The summed E-state index contributed by atoms with van der Waals surface area (Å²) in [6, 6.07) is 23.4. The van der Waals surface area contributed by atoms with E-state index in [9.17, 15) is 9.90 Å². The molecular formula is C25H23BrN2O2. The lowest BCUT2D eigenvalue weighted by Gasteiger charge is -2.34. The van der Waals surface area contributed by atoms with Crippen molar-refractivity contribution in [2.75, 3.05) is 11.4 Å². The van der Waals surface area contributed by atoms with Gasteiger partial charge < -0.3 is 15.3 Å². The van der Waals surface area contributed by atoms with Crippen molar-refractivity contribution in [1.29, 1.82) is 0 Å². The largest absolute Gasteiger partial charge is 0.391 e. The van der Waals surface area contributed by atoms with E-state index in [-0.39, 0.29) is 17.9 Å². The molecule has 152 valence electrons. The van der Waals surface area contributed by atoms with Crippen molar-refractivity contribution in [2.24, 2.45) is 0 Å². The predicted octanol–water partition coefficient (Wildman–Crippen LogP) is 4.79. The van der Waals surface area contributed by atoms with E-state index in [0.29, 0.717) is 25.1 Å². The third-order valence-electron chi connectivity index (χ3n) is 6.17. The maximum Gasteiger partial charge on any atom is 0.258 e. The fraction of sp³-hybridized carbons (Fsp3) is 0.240. The molecule has 0 radical (unpaired) electrons. The molecule has 4 nitrogen and oxygen atoms in total. The average molecular weight is 463 g/mol. The number of anilines is 1. The van der Waals surface area contributed by atoms with Crippen LogP contribution in [0.4, 0.5) is 5.69 Å². The first-order valence-corrected chi connectivity index (χ1v) is 11.1. The molecule has 3 aromatic carbocycles. The Morgan fingerprint density at radius 2 is 1.70 bits per heavy atom. The van der Waals surface area contributed by atoms with Crippen LogP contribution in [0, 0.1) is 0 Å². The molecule has 3 atom stereocenters. The van der Waals surface area contributed by atoms with E-state index in [0.717, 1.165) is 15.7 Å². The Balaban J connectivity index is 1.50. The first kappa shape index (κ1) is 19.5. The van der Waals surface area contributed by atoms with Gasteiger partial charge in [-0.25, -0.2) is 0 Å². The monoisotopic (exact) mass is 462 g/mol. The van der Waals surface area contributed by atoms with Crippen molar-refractivity contribution >= 4 is 27.5 Å². The maximum atomic E-state index is 13.2. The molecule has 5 rings (SSSR count). The standard InChI is InChI=1S/C25H23BrN2O2/c26-19-11-12-20-22-18(15-28(20)25(30)17-9-5-2-6-10-17)13-21(29)24(23(19)22)27-14-16-7-3-1-4-8-16/h1-12,18,21,24,27,29H,13-15H2/t18-,21+,24-/m1/s1. The average Bonchev–Trinajstić information content (AvgIpc) is 3.14. The molecule has 1 heterocycles. The van der Waals surface area contributed by atoms with Crippen LogP contribution in [0.15, 0.2) is 77.3 Å². The Bertz CT molecular complexity index is 1070. The highest BCUT2D eigenvalue weighted by Gasteiger charge is 2.43. The van der Waals surface area contributed by atoms with Crippen LogP contribution in [0.2, 0.25) is 0 Å². The molecule has 0 unspecified atom stereocenters. The van der Waals surface area contributed by atoms with Crippen LogP contribution in [0.5, 0.6) is 0 Å². The summed E-state index contributed by atoms with van der Waals surface area (Å²) in [5.74, 6) is 0.155. The van der Waals surface area contributed by atoms with Gasteiger partial charge in [0.1, 0.15) is 0 Å². The highest BCUT2D eigenvalue weighted by Crippen LogP contribution is 2.50. The van der Waals surface area contributed by atoms with Crippen LogP contribution >= 0.6 is 15.9 Å². The van der Waals surface area contributed by atoms with Gasteiger partial charge in [0.15, 0.2) is 0 Å². The van der Waals surface area contributed by atoms with Gasteiger partial charge in [-0.3, -0.25) is 4.79 Å². The van der Waals surface area contributed by atoms with Gasteiger partial charge >= 0.3 is 0 Å². The summed E-state index contributed by atoms with van der Waals surface area (Å²) in [4.78, 5) is 15.1. The molecule has 0 bridgehead atoms. The Labute approximate surface area is 184 Å². The molecule has 3 aromatic rings. The van der Waals surface area contributed by atoms with Crippen molar-refractivity contribution in [2.45, 2.75) is 31.0 Å². The normalized spacial score (nSPS) is 22.1. The molecule has 2 N–H and O–H groups in total. The summed E-state index contributed by atoms with van der Waals surface area (Å²) in [6.45, 7) is 1.28. The lowest BCUT2D eigenvalue weighted by atomic mass is 9.79. The summed E-state index contributed by atoms with van der Waals surface area (Å²) in [7, 11) is 0. The van der Waals surface area contributed by atoms with Crippen LogP contribution < -0.4 is 10.2 Å². The number of rotatable bonds is 4. The third-order valence-corrected chi connectivity index (χ3v) is 6.86. The Kier molecular flexibility index (Phi) is 5.19. The van der Waals surface area contributed by atoms with Crippen molar-refractivity contribution in [3.8, 4) is 0 Å². The van der Waals surface area contributed by atoms with Crippen molar-refractivity contribution in [3.05, 3.63) is 99.5 Å². The highest BCUT2D eigenvalue weighted by molar-refractivity contribution is 9.10. The number of nitrogens with zero attached hydrogens (tertiary/aromatic N) is 1. The topological polar surface area (TPSA) is 52.6 Å². The van der Waals surface area contributed by atoms with Gasteiger partial charge in [-0.05, 0) is 47.4 Å². The second kappa shape index (κ2) is 7.99. The summed E-state index contributed by atoms with van der Waals surface area (Å²) in [5, 5.41) is 14.6. The smallest absolute Gasteiger partial charge is 0.258 e. The molecule has 1 aliphatic carbocycles. The van der Waals surface area contributed by atoms with E-state index >= 15 is 0 Å². The summed E-state index contributed by atoms with van der Waals surface area (Å²) in [5.41, 5.74) is 5.09. The van der Waals surface area contributed by atoms with Crippen LogP contribution in [0.25, 0.3) is 0 Å². The number of aliphatic hydroxyl groups is 1. The number of amides is 1. The van der Waals surface area contributed by atoms with Gasteiger partial charge in [-0.2, -0.15) is 0 Å². The summed E-state index contributed by atoms with van der Waals surface area (Å²) < 4.78 is 0.976. The number of benzene rings is 3. The van der Waals surface area contributed by atoms with Gasteiger partial charge in [0.2, 0.25) is 0 Å². The number of aliphatic hydroxyl groups excluding tert-OH is 1. The molecule has 1 aliphatic heterocycles. The lowest BCUT2D eigenvalue weighted by Crippen LogP contribution is -2.37. The predicted molar refractivity (Wildman–Crippen MR) is 122 cm³/mol. The van der Waals surface area contributed by atoms with Crippen molar-refractivity contribution in [1.82, 2.24) is 5.32 Å². The maximum absolute atomic E-state index is 13.2. The Morgan fingerprint density at radius 3 is 2.43 bits per heavy atom. The minimum atomic E-state index is -0.510. The van der Waals surface area contributed by atoms with E-state index in [4.69, 9.17) is 0 Å². The number of carbonyl (C=O) groups excluding carboxylic acids is 1. The zero-order valence-electron chi connectivity index (χ0n) is 16.5. The van der Waals surface area contributed by atoms with E-state index in [2.05, 4.69) is 33.4 Å². The number of nitrogens with one attached hydrogen (secondary N) is 1. The Morgan fingerprint density at radius 1 is 1.00 bits per heavy atom. The fourth-order valence-electron chi connectivity index (χ4n) is 4.79. The second-order valence-corrected chi connectivity index (χ2v) is 8.87. The number of hydrogen-bond donors (Lipinski definition) is 2. The lowest BCUT2D eigenvalue weighted by molar-refractivity contribution is 0.0957. The molecule has 1 amide bonds. The van der Waals surface area contributed by atoms with Crippen LogP contribution in [-0.2, 0) is 6.54 Å². The molecule has 0 saturated carbocycles. The molecule has 0 spiro atoms. The molecule has 0 fully saturated rings. The first-order chi connectivity index (χ1) is 14.6. The van der Waals surface area contributed by atoms with Gasteiger partial charge in [0.25, 0.3) is 5.91 Å². The number of carbonyl (C=O) groups is 1. The molecule has 0 saturated heterocycles. The fourth-order valence-corrected chi connectivity index (χ4v) is 5.38. The van der Waals surface area contributed by atoms with Gasteiger partial charge in [0, 0.05) is 34.7 Å². The van der Waals surface area contributed by atoms with Crippen LogP contribution in [-0.4, -0.2) is 23.7 Å². The minimum absolute atomic E-state index is 0.0119. The first-order valence-electron chi connectivity index (χ1n) is 10.3. The van der Waals surface area contributed by atoms with E-state index in [1.54, 1.807) is 0 Å². The van der Waals surface area contributed by atoms with Crippen molar-refractivity contribution in [3.63, 3.8) is 0 Å². The minimum Gasteiger partial charge on any atom is -0.391 e. The van der Waals surface area contributed by atoms with Crippen molar-refractivity contribution < 1.29 is 9.90 Å². The number of hydrogen-bond acceptors (Lipinski definition) is 3. The van der Waals surface area contributed by atoms with E-state index in [1.165, 1.54) is 11.1 Å². The Hall–Kier alpha value is -2.47. The summed E-state index contributed by atoms with van der Waals surface area (Å²) >= 11 is 3.71. The third kappa shape index (κ3) is 3.37. The summed E-state index contributed by atoms with van der Waals surface area (Å²) in [6.07, 6.45) is 0.131. The number of halogens is 1. The van der Waals surface area contributed by atoms with Gasteiger partial charge in [-0.1, -0.05) is 64.5 Å². The molecule has 5 heteroatoms. The molecule has 0 aromatic heterocycles. The van der Waals surface area contributed by atoms with Crippen LogP contribution in [0.1, 0.15) is 45.4 Å². The molecule has 2 aliphatic rings. The highest BCUT2D eigenvalue weighted by atomic mass is 79.9. The molecular weight excluding hydrogens is 440 g/mol.